The van der Waals surface area contributed by atoms with Crippen LogP contribution < -0.4 is 0 Å². The molecule has 0 N–H and O–H groups in total. The summed E-state index contributed by atoms with van der Waals surface area (Å²) in [5.41, 5.74) is 3.88. The molecule has 0 spiro atoms. The third kappa shape index (κ3) is 3.55. The molecule has 15 heavy (non-hydrogen) atoms. The number of allylic oxidation sites excluding steroid dienone is 4. The lowest BCUT2D eigenvalue weighted by atomic mass is 10.0. The molecule has 1 aromatic rings. The Morgan fingerprint density at radius 1 is 1.20 bits per heavy atom. The number of hydrogen-bond acceptors (Lipinski definition) is 1. The van der Waals surface area contributed by atoms with Gasteiger partial charge in [-0.05, 0) is 36.6 Å². The molecule has 0 radical (unpaired) electrons. The number of hydrogen-bond donors (Lipinski definition) is 0. The summed E-state index contributed by atoms with van der Waals surface area (Å²) < 4.78 is 0. The zero-order valence-corrected chi connectivity index (χ0v) is 9.57. The Labute approximate surface area is 91.9 Å². The highest BCUT2D eigenvalue weighted by atomic mass is 14.6. The Morgan fingerprint density at radius 3 is 2.60 bits per heavy atom. The van der Waals surface area contributed by atoms with Crippen molar-refractivity contribution in [2.24, 2.45) is 4.99 Å². The molecule has 0 aliphatic heterocycles. The van der Waals surface area contributed by atoms with Crippen molar-refractivity contribution < 1.29 is 0 Å². The average Bonchev–Trinajstić information content (AvgIpc) is 2.25. The number of aryl methyl sites for hydroxylation is 1. The van der Waals surface area contributed by atoms with Crippen molar-refractivity contribution in [1.82, 2.24) is 0 Å². The zero-order valence-electron chi connectivity index (χ0n) is 9.57. The largest absolute Gasteiger partial charge is 0.297 e. The fourth-order valence-electron chi connectivity index (χ4n) is 1.44. The van der Waals surface area contributed by atoms with Crippen LogP contribution in [0, 0.1) is 6.92 Å². The van der Waals surface area contributed by atoms with Crippen molar-refractivity contribution in [3.05, 3.63) is 53.6 Å². The third-order valence-electron chi connectivity index (χ3n) is 2.26. The summed E-state index contributed by atoms with van der Waals surface area (Å²) in [7, 11) is 1.77. The van der Waals surface area contributed by atoms with E-state index in [2.05, 4.69) is 49.2 Å². The molecule has 0 aliphatic carbocycles. The van der Waals surface area contributed by atoms with Crippen LogP contribution in [-0.4, -0.2) is 13.3 Å². The summed E-state index contributed by atoms with van der Waals surface area (Å²) in [6, 6.07) is 8.40. The number of aliphatic imine (C=N–C) groups is 1. The Balaban J connectivity index is 2.85. The van der Waals surface area contributed by atoms with Crippen LogP contribution in [0.2, 0.25) is 0 Å². The molecule has 0 saturated carbocycles. The topological polar surface area (TPSA) is 12.4 Å². The zero-order chi connectivity index (χ0) is 11.1. The third-order valence-corrected chi connectivity index (χ3v) is 2.26. The molecule has 0 bridgehead atoms. The first-order valence-corrected chi connectivity index (χ1v) is 5.07. The van der Waals surface area contributed by atoms with Gasteiger partial charge in [0.2, 0.25) is 0 Å². The second-order valence-electron chi connectivity index (χ2n) is 3.46. The van der Waals surface area contributed by atoms with Crippen molar-refractivity contribution in [1.29, 1.82) is 0 Å². The molecular weight excluding hydrogens is 182 g/mol. The maximum atomic E-state index is 3.88. The summed E-state index contributed by atoms with van der Waals surface area (Å²) in [5, 5.41) is 0. The maximum absolute atomic E-state index is 3.88. The minimum Gasteiger partial charge on any atom is -0.297 e. The molecule has 0 fully saturated rings. The fourth-order valence-corrected chi connectivity index (χ4v) is 1.44. The summed E-state index contributed by atoms with van der Waals surface area (Å²) >= 11 is 0. The molecule has 1 aromatic carbocycles. The van der Waals surface area contributed by atoms with Gasteiger partial charge in [-0.15, -0.1) is 0 Å². The summed E-state index contributed by atoms with van der Waals surface area (Å²) in [6.45, 7) is 4.25. The lowest BCUT2D eigenvalue weighted by Crippen LogP contribution is -1.83. The minimum atomic E-state index is 1.27. The van der Waals surface area contributed by atoms with Crippen LogP contribution in [0.15, 0.2) is 47.5 Å². The van der Waals surface area contributed by atoms with E-state index in [1.165, 1.54) is 16.7 Å². The number of nitrogens with zero attached hydrogens (tertiary/aromatic N) is 1. The van der Waals surface area contributed by atoms with E-state index < -0.39 is 0 Å². The van der Waals surface area contributed by atoms with E-state index in [4.69, 9.17) is 0 Å². The van der Waals surface area contributed by atoms with E-state index in [1.807, 2.05) is 12.2 Å². The van der Waals surface area contributed by atoms with Crippen LogP contribution in [0.25, 0.3) is 5.57 Å². The minimum absolute atomic E-state index is 1.27. The average molecular weight is 199 g/mol. The first kappa shape index (κ1) is 11.4. The molecule has 1 nitrogen and oxygen atoms in total. The van der Waals surface area contributed by atoms with Gasteiger partial charge in [-0.2, -0.15) is 0 Å². The summed E-state index contributed by atoms with van der Waals surface area (Å²) in [6.07, 6.45) is 7.82. The van der Waals surface area contributed by atoms with Gasteiger partial charge >= 0.3 is 0 Å². The smallest absolute Gasteiger partial charge is 0.0277 e. The molecule has 0 amide bonds. The predicted molar refractivity (Wildman–Crippen MR) is 68.4 cm³/mol. The lowest BCUT2D eigenvalue weighted by molar-refractivity contribution is 1.41. The molecule has 0 aromatic heterocycles. The van der Waals surface area contributed by atoms with Gasteiger partial charge in [0.1, 0.15) is 0 Å². The van der Waals surface area contributed by atoms with Crippen LogP contribution in [0.1, 0.15) is 18.1 Å². The van der Waals surface area contributed by atoms with Gasteiger partial charge < -0.3 is 0 Å². The van der Waals surface area contributed by atoms with E-state index in [0.717, 1.165) is 0 Å². The second kappa shape index (κ2) is 5.97. The van der Waals surface area contributed by atoms with E-state index in [0.29, 0.717) is 0 Å². The highest BCUT2D eigenvalue weighted by molar-refractivity contribution is 5.73. The summed E-state index contributed by atoms with van der Waals surface area (Å²) in [4.78, 5) is 3.88. The molecule has 0 atom stereocenters. The molecule has 0 aliphatic rings. The van der Waals surface area contributed by atoms with Gasteiger partial charge in [-0.1, -0.05) is 36.4 Å². The SMILES string of the molecule is C/N=C/C=C\C=C(/C)c1ccccc1C. The molecular formula is C14H17N. The Bertz CT molecular complexity index is 398. The van der Waals surface area contributed by atoms with Crippen molar-refractivity contribution in [2.45, 2.75) is 13.8 Å². The van der Waals surface area contributed by atoms with Crippen molar-refractivity contribution in [3.63, 3.8) is 0 Å². The normalized spacial score (nSPS) is 12.9. The molecule has 0 saturated heterocycles. The van der Waals surface area contributed by atoms with Crippen LogP contribution in [-0.2, 0) is 0 Å². The van der Waals surface area contributed by atoms with Crippen LogP contribution >= 0.6 is 0 Å². The molecule has 78 valence electrons. The number of benzene rings is 1. The molecule has 0 heterocycles. The van der Waals surface area contributed by atoms with Crippen LogP contribution in [0.4, 0.5) is 0 Å². The standard InChI is InChI=1S/C14H17N/c1-12-8-4-5-10-14(12)13(2)9-6-7-11-15-3/h4-11H,1-3H3/b7-6-,13-9+,15-11+. The van der Waals surface area contributed by atoms with E-state index in [-0.39, 0.29) is 0 Å². The fraction of sp³-hybridized carbons (Fsp3) is 0.214. The Morgan fingerprint density at radius 2 is 1.93 bits per heavy atom. The Hall–Kier alpha value is -1.63. The molecule has 0 unspecified atom stereocenters. The predicted octanol–water partition coefficient (Wildman–Crippen LogP) is 3.66. The van der Waals surface area contributed by atoms with Gasteiger partial charge in [-0.25, -0.2) is 0 Å². The van der Waals surface area contributed by atoms with E-state index >= 15 is 0 Å². The quantitative estimate of drug-likeness (QED) is 0.520. The van der Waals surface area contributed by atoms with Crippen molar-refractivity contribution in [3.8, 4) is 0 Å². The maximum Gasteiger partial charge on any atom is 0.0277 e. The van der Waals surface area contributed by atoms with E-state index in [1.54, 1.807) is 13.3 Å². The van der Waals surface area contributed by atoms with Crippen molar-refractivity contribution >= 4 is 11.8 Å². The van der Waals surface area contributed by atoms with E-state index in [9.17, 15) is 0 Å². The van der Waals surface area contributed by atoms with Gasteiger partial charge in [0.25, 0.3) is 0 Å². The van der Waals surface area contributed by atoms with Gasteiger partial charge in [0.15, 0.2) is 0 Å². The first-order valence-electron chi connectivity index (χ1n) is 5.07. The number of rotatable bonds is 3. The highest BCUT2D eigenvalue weighted by Gasteiger charge is 1.96. The first-order chi connectivity index (χ1) is 7.25. The van der Waals surface area contributed by atoms with Gasteiger partial charge in [0.05, 0.1) is 0 Å². The molecule has 1 heteroatoms. The second-order valence-corrected chi connectivity index (χ2v) is 3.46. The lowest BCUT2D eigenvalue weighted by Gasteiger charge is -2.04. The van der Waals surface area contributed by atoms with Crippen molar-refractivity contribution in [2.75, 3.05) is 7.05 Å². The van der Waals surface area contributed by atoms with Gasteiger partial charge in [-0.3, -0.25) is 4.99 Å². The Kier molecular flexibility index (Phi) is 4.55. The van der Waals surface area contributed by atoms with Crippen LogP contribution in [0.5, 0.6) is 0 Å². The van der Waals surface area contributed by atoms with Gasteiger partial charge in [0, 0.05) is 13.3 Å². The highest BCUT2D eigenvalue weighted by Crippen LogP contribution is 2.17. The summed E-state index contributed by atoms with van der Waals surface area (Å²) in [5.74, 6) is 0. The van der Waals surface area contributed by atoms with Crippen LogP contribution in [0.3, 0.4) is 0 Å². The monoisotopic (exact) mass is 199 g/mol. The molecule has 1 rings (SSSR count).